The smallest absolute Gasteiger partial charge is 0.257 e. The lowest BCUT2D eigenvalue weighted by atomic mass is 10.2. The Hall–Kier alpha value is -2.28. The average molecular weight is 326 g/mol. The molecule has 3 heterocycles. The fourth-order valence-electron chi connectivity index (χ4n) is 3.13. The van der Waals surface area contributed by atoms with Crippen LogP contribution in [0.25, 0.3) is 0 Å². The molecule has 2 aromatic heterocycles. The van der Waals surface area contributed by atoms with Gasteiger partial charge in [-0.05, 0) is 25.3 Å². The molecule has 0 bridgehead atoms. The van der Waals surface area contributed by atoms with E-state index in [-0.39, 0.29) is 5.91 Å². The number of carbonyl (C=O) groups excluding carboxylic acids is 1. The summed E-state index contributed by atoms with van der Waals surface area (Å²) >= 11 is 0. The number of hydrogen-bond donors (Lipinski definition) is 1. The monoisotopic (exact) mass is 326 g/mol. The Bertz CT molecular complexity index is 680. The minimum atomic E-state index is 0.0423. The predicted octanol–water partition coefficient (Wildman–Crippen LogP) is 1.43. The van der Waals surface area contributed by atoms with Gasteiger partial charge < -0.3 is 4.90 Å². The van der Waals surface area contributed by atoms with Crippen molar-refractivity contribution in [2.24, 2.45) is 0 Å². The van der Waals surface area contributed by atoms with Crippen LogP contribution in [0.15, 0.2) is 24.7 Å². The van der Waals surface area contributed by atoms with Crippen LogP contribution in [-0.2, 0) is 6.54 Å². The highest BCUT2D eigenvalue weighted by atomic mass is 16.2. The molecule has 24 heavy (non-hydrogen) atoms. The maximum absolute atomic E-state index is 12.7. The first-order valence-electron chi connectivity index (χ1n) is 8.61. The lowest BCUT2D eigenvalue weighted by Crippen LogP contribution is -2.35. The number of nitrogens with one attached hydrogen (secondary N) is 1. The molecule has 7 nitrogen and oxygen atoms in total. The van der Waals surface area contributed by atoms with Gasteiger partial charge in [-0.15, -0.1) is 0 Å². The molecule has 1 aliphatic carbocycles. The Labute approximate surface area is 141 Å². The normalized spacial score (nSPS) is 19.2. The van der Waals surface area contributed by atoms with Crippen molar-refractivity contribution in [3.8, 4) is 0 Å². The van der Waals surface area contributed by atoms with Crippen LogP contribution in [-0.4, -0.2) is 62.1 Å². The van der Waals surface area contributed by atoms with Crippen LogP contribution < -0.4 is 0 Å². The zero-order valence-electron chi connectivity index (χ0n) is 13.7. The van der Waals surface area contributed by atoms with E-state index in [4.69, 9.17) is 0 Å². The average Bonchev–Trinajstić information content (AvgIpc) is 3.38. The van der Waals surface area contributed by atoms with Gasteiger partial charge in [-0.1, -0.05) is 0 Å². The molecular weight excluding hydrogens is 304 g/mol. The maximum atomic E-state index is 12.7. The molecule has 2 aromatic rings. The van der Waals surface area contributed by atoms with Crippen LogP contribution in [0.5, 0.6) is 0 Å². The zero-order chi connectivity index (χ0) is 16.4. The molecule has 1 aliphatic heterocycles. The molecular formula is C17H22N6O. The van der Waals surface area contributed by atoms with Gasteiger partial charge in [0, 0.05) is 62.9 Å². The summed E-state index contributed by atoms with van der Waals surface area (Å²) in [7, 11) is 0. The molecule has 0 spiro atoms. The second-order valence-corrected chi connectivity index (χ2v) is 6.61. The predicted molar refractivity (Wildman–Crippen MR) is 88.4 cm³/mol. The number of carbonyl (C=O) groups is 1. The lowest BCUT2D eigenvalue weighted by molar-refractivity contribution is 0.0760. The minimum Gasteiger partial charge on any atom is -0.337 e. The van der Waals surface area contributed by atoms with Gasteiger partial charge in [-0.3, -0.25) is 14.8 Å². The van der Waals surface area contributed by atoms with E-state index >= 15 is 0 Å². The summed E-state index contributed by atoms with van der Waals surface area (Å²) in [6.45, 7) is 4.22. The van der Waals surface area contributed by atoms with Gasteiger partial charge >= 0.3 is 0 Å². The summed E-state index contributed by atoms with van der Waals surface area (Å²) in [5.74, 6) is 1.44. The van der Waals surface area contributed by atoms with Gasteiger partial charge in [0.05, 0.1) is 5.56 Å². The van der Waals surface area contributed by atoms with Gasteiger partial charge in [0.2, 0.25) is 0 Å². The number of nitrogens with zero attached hydrogens (tertiary/aromatic N) is 5. The summed E-state index contributed by atoms with van der Waals surface area (Å²) in [4.78, 5) is 25.7. The van der Waals surface area contributed by atoms with Crippen molar-refractivity contribution < 1.29 is 4.79 Å². The first-order chi connectivity index (χ1) is 11.8. The van der Waals surface area contributed by atoms with Crippen molar-refractivity contribution in [1.82, 2.24) is 30.0 Å². The van der Waals surface area contributed by atoms with Crippen LogP contribution in [0.3, 0.4) is 0 Å². The molecule has 1 saturated heterocycles. The second kappa shape index (κ2) is 6.68. The van der Waals surface area contributed by atoms with Crippen LogP contribution in [0.2, 0.25) is 0 Å². The Balaban J connectivity index is 1.36. The molecule has 4 rings (SSSR count). The molecule has 126 valence electrons. The Morgan fingerprint density at radius 2 is 2.00 bits per heavy atom. The number of hydrogen-bond acceptors (Lipinski definition) is 5. The van der Waals surface area contributed by atoms with E-state index in [9.17, 15) is 4.79 Å². The summed E-state index contributed by atoms with van der Waals surface area (Å²) in [6, 6.07) is 1.99. The lowest BCUT2D eigenvalue weighted by Gasteiger charge is -2.21. The van der Waals surface area contributed by atoms with Crippen molar-refractivity contribution in [3.63, 3.8) is 0 Å². The molecule has 0 aromatic carbocycles. The second-order valence-electron chi connectivity index (χ2n) is 6.61. The highest BCUT2D eigenvalue weighted by Gasteiger charge is 2.27. The first kappa shape index (κ1) is 15.3. The molecule has 0 atom stereocenters. The van der Waals surface area contributed by atoms with Gasteiger partial charge in [-0.2, -0.15) is 5.10 Å². The van der Waals surface area contributed by atoms with Crippen LogP contribution in [0.1, 0.15) is 47.1 Å². The molecule has 0 radical (unpaired) electrons. The summed E-state index contributed by atoms with van der Waals surface area (Å²) in [5, 5.41) is 6.98. The van der Waals surface area contributed by atoms with Crippen LogP contribution in [0, 0.1) is 0 Å². The van der Waals surface area contributed by atoms with Crippen molar-refractivity contribution in [3.05, 3.63) is 41.7 Å². The molecule has 1 amide bonds. The molecule has 1 saturated carbocycles. The summed E-state index contributed by atoms with van der Waals surface area (Å²) in [5.41, 5.74) is 1.71. The summed E-state index contributed by atoms with van der Waals surface area (Å²) in [6.07, 6.45) is 8.47. The van der Waals surface area contributed by atoms with Crippen LogP contribution in [0.4, 0.5) is 0 Å². The van der Waals surface area contributed by atoms with E-state index in [0.717, 1.165) is 50.7 Å². The number of rotatable bonds is 4. The topological polar surface area (TPSA) is 78.0 Å². The van der Waals surface area contributed by atoms with E-state index in [0.29, 0.717) is 11.5 Å². The summed E-state index contributed by atoms with van der Waals surface area (Å²) < 4.78 is 0. The van der Waals surface area contributed by atoms with Gasteiger partial charge in [0.1, 0.15) is 5.82 Å². The quantitative estimate of drug-likeness (QED) is 0.919. The van der Waals surface area contributed by atoms with Crippen molar-refractivity contribution in [1.29, 1.82) is 0 Å². The first-order valence-corrected chi connectivity index (χ1v) is 8.61. The van der Waals surface area contributed by atoms with Gasteiger partial charge in [0.15, 0.2) is 0 Å². The van der Waals surface area contributed by atoms with Crippen molar-refractivity contribution >= 4 is 5.91 Å². The third kappa shape index (κ3) is 3.46. The number of H-pyrrole nitrogens is 1. The number of aromatic nitrogens is 4. The molecule has 7 heteroatoms. The largest absolute Gasteiger partial charge is 0.337 e. The van der Waals surface area contributed by atoms with E-state index < -0.39 is 0 Å². The van der Waals surface area contributed by atoms with E-state index in [2.05, 4.69) is 25.1 Å². The highest BCUT2D eigenvalue weighted by molar-refractivity contribution is 5.93. The SMILES string of the molecule is O=C(c1cnc(C2CC2)nc1)N1CCCN(Cc2ccn[nH]2)CC1. The number of amides is 1. The van der Waals surface area contributed by atoms with Crippen molar-refractivity contribution in [2.75, 3.05) is 26.2 Å². The molecule has 1 N–H and O–H groups in total. The number of aromatic amines is 1. The van der Waals surface area contributed by atoms with Gasteiger partial charge in [0.25, 0.3) is 5.91 Å². The van der Waals surface area contributed by atoms with E-state index in [1.807, 2.05) is 11.0 Å². The molecule has 0 unspecified atom stereocenters. The third-order valence-electron chi connectivity index (χ3n) is 4.69. The highest BCUT2D eigenvalue weighted by Crippen LogP contribution is 2.37. The fourth-order valence-corrected chi connectivity index (χ4v) is 3.13. The molecule has 2 aliphatic rings. The Kier molecular flexibility index (Phi) is 4.25. The van der Waals surface area contributed by atoms with Gasteiger partial charge in [-0.25, -0.2) is 9.97 Å². The Morgan fingerprint density at radius 3 is 2.71 bits per heavy atom. The van der Waals surface area contributed by atoms with E-state index in [1.165, 1.54) is 12.8 Å². The standard InChI is InChI=1S/C17H22N6O/c24-17(14-10-18-16(19-11-14)13-2-3-13)23-7-1-6-22(8-9-23)12-15-4-5-20-21-15/h4-5,10-11,13H,1-3,6-9,12H2,(H,20,21). The minimum absolute atomic E-state index is 0.0423. The Morgan fingerprint density at radius 1 is 1.17 bits per heavy atom. The van der Waals surface area contributed by atoms with E-state index in [1.54, 1.807) is 18.6 Å². The van der Waals surface area contributed by atoms with Crippen LogP contribution >= 0.6 is 0 Å². The fraction of sp³-hybridized carbons (Fsp3) is 0.529. The van der Waals surface area contributed by atoms with Crippen molar-refractivity contribution in [2.45, 2.75) is 31.7 Å². The third-order valence-corrected chi connectivity index (χ3v) is 4.69. The zero-order valence-corrected chi connectivity index (χ0v) is 13.7. The molecule has 2 fully saturated rings. The maximum Gasteiger partial charge on any atom is 0.257 e.